The second kappa shape index (κ2) is 9.34. The lowest BCUT2D eigenvalue weighted by molar-refractivity contribution is -0.274. The number of sulfonamides is 1. The van der Waals surface area contributed by atoms with Crippen LogP contribution in [0.25, 0.3) is 0 Å². The number of nitrogens with zero attached hydrogens (tertiary/aromatic N) is 1. The van der Waals surface area contributed by atoms with Crippen LogP contribution in [0.2, 0.25) is 0 Å². The summed E-state index contributed by atoms with van der Waals surface area (Å²) in [6, 6.07) is 7.26. The molecule has 1 aliphatic heterocycles. The molecule has 0 radical (unpaired) electrons. The molecule has 0 aliphatic carbocycles. The van der Waals surface area contributed by atoms with Gasteiger partial charge in [-0.2, -0.15) is 4.31 Å². The first-order valence-electron chi connectivity index (χ1n) is 10.5. The van der Waals surface area contributed by atoms with Crippen LogP contribution in [0.15, 0.2) is 35.2 Å². The summed E-state index contributed by atoms with van der Waals surface area (Å²) in [4.78, 5) is 13.0. The molecule has 2 aromatic rings. The molecule has 6 nitrogen and oxygen atoms in total. The third-order valence-electron chi connectivity index (χ3n) is 6.09. The quantitative estimate of drug-likeness (QED) is 0.658. The van der Waals surface area contributed by atoms with Crippen molar-refractivity contribution in [1.29, 1.82) is 0 Å². The van der Waals surface area contributed by atoms with Crippen molar-refractivity contribution < 1.29 is 31.1 Å². The lowest BCUT2D eigenvalue weighted by Gasteiger charge is -2.32. The van der Waals surface area contributed by atoms with Crippen molar-refractivity contribution in [3.8, 4) is 5.75 Å². The number of carbonyl (C=O) groups excluding carboxylic acids is 1. The number of nitrogens with one attached hydrogen (secondary N) is 1. The van der Waals surface area contributed by atoms with Crippen molar-refractivity contribution in [2.45, 2.75) is 51.8 Å². The fourth-order valence-electron chi connectivity index (χ4n) is 4.07. The van der Waals surface area contributed by atoms with E-state index in [1.807, 2.05) is 19.9 Å². The van der Waals surface area contributed by atoms with Crippen LogP contribution in [0.1, 0.15) is 35.1 Å². The van der Waals surface area contributed by atoms with E-state index < -0.39 is 34.0 Å². The zero-order valence-corrected chi connectivity index (χ0v) is 19.7. The Morgan fingerprint density at radius 3 is 2.12 bits per heavy atom. The van der Waals surface area contributed by atoms with Gasteiger partial charge >= 0.3 is 6.36 Å². The second-order valence-electron chi connectivity index (χ2n) is 8.30. The van der Waals surface area contributed by atoms with Crippen molar-refractivity contribution in [3.63, 3.8) is 0 Å². The number of hydrogen-bond donors (Lipinski definition) is 1. The molecule has 1 amide bonds. The molecule has 1 heterocycles. The number of para-hydroxylation sites is 2. The third kappa shape index (κ3) is 5.50. The molecule has 0 spiro atoms. The Kier molecular flexibility index (Phi) is 7.09. The minimum atomic E-state index is -4.88. The number of rotatable bonds is 5. The Bertz CT molecular complexity index is 1130. The normalized spacial score (nSPS) is 16.0. The fourth-order valence-corrected chi connectivity index (χ4v) is 6.12. The van der Waals surface area contributed by atoms with Gasteiger partial charge in [0.1, 0.15) is 0 Å². The van der Waals surface area contributed by atoms with Gasteiger partial charge in [0.05, 0.1) is 10.6 Å². The molecule has 3 rings (SSSR count). The molecule has 1 aliphatic rings. The van der Waals surface area contributed by atoms with Crippen molar-refractivity contribution in [2.24, 2.45) is 5.92 Å². The smallest absolute Gasteiger partial charge is 0.404 e. The molecule has 0 bridgehead atoms. The summed E-state index contributed by atoms with van der Waals surface area (Å²) < 4.78 is 70.0. The Morgan fingerprint density at radius 2 is 1.58 bits per heavy atom. The minimum absolute atomic E-state index is 0.0867. The van der Waals surface area contributed by atoms with E-state index in [-0.39, 0.29) is 31.6 Å². The van der Waals surface area contributed by atoms with Crippen LogP contribution < -0.4 is 10.1 Å². The number of ether oxygens (including phenoxy) is 1. The van der Waals surface area contributed by atoms with Gasteiger partial charge in [-0.05, 0) is 74.9 Å². The molecule has 0 aromatic heterocycles. The average Bonchev–Trinajstić information content (AvgIpc) is 2.73. The van der Waals surface area contributed by atoms with Crippen molar-refractivity contribution >= 4 is 21.6 Å². The van der Waals surface area contributed by atoms with Gasteiger partial charge in [0.25, 0.3) is 0 Å². The van der Waals surface area contributed by atoms with Gasteiger partial charge in [0.15, 0.2) is 5.75 Å². The summed E-state index contributed by atoms with van der Waals surface area (Å²) >= 11 is 0. The van der Waals surface area contributed by atoms with Crippen LogP contribution in [-0.2, 0) is 14.8 Å². The third-order valence-corrected chi connectivity index (χ3v) is 8.26. The van der Waals surface area contributed by atoms with Crippen LogP contribution in [0, 0.1) is 33.6 Å². The largest absolute Gasteiger partial charge is 0.573 e. The summed E-state index contributed by atoms with van der Waals surface area (Å²) in [5.74, 6) is -1.50. The Balaban J connectivity index is 1.72. The Morgan fingerprint density at radius 1 is 1.03 bits per heavy atom. The van der Waals surface area contributed by atoms with E-state index in [0.29, 0.717) is 16.0 Å². The van der Waals surface area contributed by atoms with Crippen LogP contribution in [0.5, 0.6) is 5.75 Å². The second-order valence-corrected chi connectivity index (χ2v) is 10.2. The molecule has 1 fully saturated rings. The lowest BCUT2D eigenvalue weighted by Crippen LogP contribution is -2.42. The summed E-state index contributed by atoms with van der Waals surface area (Å²) in [5.41, 5.74) is 3.12. The standard InChI is InChI=1S/C23H27F3N2O4S/c1-14-13-15(2)17(4)21(16(14)3)33(30,31)28-11-9-18(10-12-28)22(29)27-19-7-5-6-8-20(19)32-23(24,25)26/h5-8,13,18H,9-12H2,1-4H3,(H,27,29). The molecular formula is C23H27F3N2O4S. The number of alkyl halides is 3. The number of amides is 1. The van der Waals surface area contributed by atoms with Crippen molar-refractivity contribution in [1.82, 2.24) is 4.31 Å². The highest BCUT2D eigenvalue weighted by atomic mass is 32.2. The molecule has 0 atom stereocenters. The minimum Gasteiger partial charge on any atom is -0.404 e. The fraction of sp³-hybridized carbons (Fsp3) is 0.435. The molecule has 0 unspecified atom stereocenters. The van der Waals surface area contributed by atoms with Gasteiger partial charge in [-0.25, -0.2) is 8.42 Å². The highest BCUT2D eigenvalue weighted by Crippen LogP contribution is 2.33. The molecule has 1 saturated heterocycles. The summed E-state index contributed by atoms with van der Waals surface area (Å²) in [7, 11) is -3.75. The summed E-state index contributed by atoms with van der Waals surface area (Å²) in [6.07, 6.45) is -4.36. The molecule has 1 N–H and O–H groups in total. The van der Waals surface area contributed by atoms with Gasteiger partial charge in [0, 0.05) is 19.0 Å². The van der Waals surface area contributed by atoms with Crippen LogP contribution in [-0.4, -0.2) is 38.1 Å². The lowest BCUT2D eigenvalue weighted by atomic mass is 9.97. The molecule has 0 saturated carbocycles. The Labute approximate surface area is 191 Å². The molecular weight excluding hydrogens is 457 g/mol. The molecule has 2 aromatic carbocycles. The molecule has 180 valence electrons. The maximum absolute atomic E-state index is 13.4. The maximum atomic E-state index is 13.4. The summed E-state index contributed by atoms with van der Waals surface area (Å²) in [6.45, 7) is 7.61. The van der Waals surface area contributed by atoms with Crippen LogP contribution >= 0.6 is 0 Å². The van der Waals surface area contributed by atoms with Gasteiger partial charge in [-0.1, -0.05) is 18.2 Å². The molecule has 33 heavy (non-hydrogen) atoms. The zero-order chi connectivity index (χ0) is 24.6. The van der Waals surface area contributed by atoms with Crippen LogP contribution in [0.4, 0.5) is 18.9 Å². The van der Waals surface area contributed by atoms with Gasteiger partial charge in [-0.3, -0.25) is 4.79 Å². The number of benzene rings is 2. The van der Waals surface area contributed by atoms with Crippen molar-refractivity contribution in [3.05, 3.63) is 52.6 Å². The van der Waals surface area contributed by atoms with E-state index in [9.17, 15) is 26.4 Å². The van der Waals surface area contributed by atoms with Crippen LogP contribution in [0.3, 0.4) is 0 Å². The Hall–Kier alpha value is -2.59. The number of anilines is 1. The van der Waals surface area contributed by atoms with E-state index in [2.05, 4.69) is 10.1 Å². The number of halogens is 3. The first-order chi connectivity index (χ1) is 15.3. The highest BCUT2D eigenvalue weighted by molar-refractivity contribution is 7.89. The van der Waals surface area contributed by atoms with E-state index in [4.69, 9.17) is 0 Å². The van der Waals surface area contributed by atoms with E-state index in [1.165, 1.54) is 22.5 Å². The average molecular weight is 485 g/mol. The van der Waals surface area contributed by atoms with E-state index >= 15 is 0 Å². The van der Waals surface area contributed by atoms with E-state index in [0.717, 1.165) is 17.2 Å². The first kappa shape index (κ1) is 25.0. The summed E-state index contributed by atoms with van der Waals surface area (Å²) in [5, 5.41) is 2.49. The van der Waals surface area contributed by atoms with E-state index in [1.54, 1.807) is 13.8 Å². The number of piperidine rings is 1. The molecule has 10 heteroatoms. The zero-order valence-electron chi connectivity index (χ0n) is 18.9. The number of carbonyl (C=O) groups is 1. The van der Waals surface area contributed by atoms with Gasteiger partial charge < -0.3 is 10.1 Å². The number of hydrogen-bond acceptors (Lipinski definition) is 4. The first-order valence-corrected chi connectivity index (χ1v) is 12.0. The predicted octanol–water partition coefficient (Wildman–Crippen LogP) is 4.86. The SMILES string of the molecule is Cc1cc(C)c(C)c(S(=O)(=O)N2CCC(C(=O)Nc3ccccc3OC(F)(F)F)CC2)c1C. The van der Waals surface area contributed by atoms with Gasteiger partial charge in [0.2, 0.25) is 15.9 Å². The highest BCUT2D eigenvalue weighted by Gasteiger charge is 2.35. The van der Waals surface area contributed by atoms with Gasteiger partial charge in [-0.15, -0.1) is 13.2 Å². The maximum Gasteiger partial charge on any atom is 0.573 e. The number of aryl methyl sites for hydroxylation is 2. The monoisotopic (exact) mass is 484 g/mol. The topological polar surface area (TPSA) is 75.7 Å². The predicted molar refractivity (Wildman–Crippen MR) is 119 cm³/mol. The van der Waals surface area contributed by atoms with Crippen molar-refractivity contribution in [2.75, 3.05) is 18.4 Å².